The molecule has 0 spiro atoms. The Morgan fingerprint density at radius 1 is 1.30 bits per heavy atom. The van der Waals surface area contributed by atoms with Crippen LogP contribution in [-0.2, 0) is 6.54 Å². The van der Waals surface area contributed by atoms with Crippen molar-refractivity contribution in [2.75, 3.05) is 32.8 Å². The van der Waals surface area contributed by atoms with Gasteiger partial charge in [-0.05, 0) is 49.5 Å². The molecule has 0 radical (unpaired) electrons. The summed E-state index contributed by atoms with van der Waals surface area (Å²) in [6.45, 7) is 4.66. The Bertz CT molecular complexity index is 386. The first-order valence-electron chi connectivity index (χ1n) is 7.06. The fraction of sp³-hybridized carbons (Fsp3) is 0.600. The van der Waals surface area contributed by atoms with Crippen LogP contribution >= 0.6 is 12.4 Å². The molecule has 0 unspecified atom stereocenters. The van der Waals surface area contributed by atoms with E-state index in [9.17, 15) is 9.50 Å². The number of hydrogen-bond donors (Lipinski definition) is 2. The fourth-order valence-corrected chi connectivity index (χ4v) is 2.70. The number of piperidine rings is 1. The van der Waals surface area contributed by atoms with Crippen molar-refractivity contribution in [3.63, 3.8) is 0 Å². The van der Waals surface area contributed by atoms with Crippen LogP contribution in [-0.4, -0.2) is 42.8 Å². The number of aliphatic hydroxyl groups is 1. The van der Waals surface area contributed by atoms with Crippen LogP contribution in [0.15, 0.2) is 24.3 Å². The molecule has 2 rings (SSSR count). The molecular formula is C15H24ClFN2O. The first-order chi connectivity index (χ1) is 9.28. The van der Waals surface area contributed by atoms with Gasteiger partial charge in [0.15, 0.2) is 0 Å². The Morgan fingerprint density at radius 3 is 2.70 bits per heavy atom. The highest BCUT2D eigenvalue weighted by atomic mass is 35.5. The number of nitrogens with zero attached hydrogens (tertiary/aromatic N) is 1. The van der Waals surface area contributed by atoms with Gasteiger partial charge < -0.3 is 10.4 Å². The summed E-state index contributed by atoms with van der Waals surface area (Å²) in [7, 11) is 0. The Labute approximate surface area is 126 Å². The lowest BCUT2D eigenvalue weighted by Gasteiger charge is -2.29. The molecule has 2 N–H and O–H groups in total. The van der Waals surface area contributed by atoms with Gasteiger partial charge in [0.1, 0.15) is 5.82 Å². The smallest absolute Gasteiger partial charge is 0.123 e. The van der Waals surface area contributed by atoms with Gasteiger partial charge in [0.05, 0.1) is 6.61 Å². The molecule has 1 fully saturated rings. The van der Waals surface area contributed by atoms with E-state index in [4.69, 9.17) is 0 Å². The SMILES string of the molecule is Cl.OCCN(Cc1cccc(F)c1)CC1CCNCC1. The van der Waals surface area contributed by atoms with Crippen molar-refractivity contribution in [3.05, 3.63) is 35.6 Å². The van der Waals surface area contributed by atoms with E-state index in [0.717, 1.165) is 25.2 Å². The second-order valence-corrected chi connectivity index (χ2v) is 5.28. The van der Waals surface area contributed by atoms with E-state index in [2.05, 4.69) is 10.2 Å². The van der Waals surface area contributed by atoms with E-state index < -0.39 is 0 Å². The molecule has 1 heterocycles. The van der Waals surface area contributed by atoms with Gasteiger partial charge in [0.25, 0.3) is 0 Å². The van der Waals surface area contributed by atoms with Crippen LogP contribution < -0.4 is 5.32 Å². The van der Waals surface area contributed by atoms with Crippen LogP contribution in [0.5, 0.6) is 0 Å². The van der Waals surface area contributed by atoms with Crippen molar-refractivity contribution >= 4 is 12.4 Å². The highest BCUT2D eigenvalue weighted by Crippen LogP contribution is 2.15. The molecule has 114 valence electrons. The molecule has 20 heavy (non-hydrogen) atoms. The monoisotopic (exact) mass is 302 g/mol. The van der Waals surface area contributed by atoms with Crippen LogP contribution in [0.2, 0.25) is 0 Å². The zero-order valence-electron chi connectivity index (χ0n) is 11.7. The highest BCUT2D eigenvalue weighted by molar-refractivity contribution is 5.85. The summed E-state index contributed by atoms with van der Waals surface area (Å²) in [5, 5.41) is 12.5. The summed E-state index contributed by atoms with van der Waals surface area (Å²) >= 11 is 0. The van der Waals surface area contributed by atoms with Crippen molar-refractivity contribution < 1.29 is 9.50 Å². The third kappa shape index (κ3) is 5.75. The van der Waals surface area contributed by atoms with Gasteiger partial charge in [0, 0.05) is 19.6 Å². The summed E-state index contributed by atoms with van der Waals surface area (Å²) in [4.78, 5) is 2.23. The Hall–Kier alpha value is -0.680. The van der Waals surface area contributed by atoms with Gasteiger partial charge in [-0.15, -0.1) is 12.4 Å². The standard InChI is InChI=1S/C15H23FN2O.ClH/c16-15-3-1-2-14(10-15)12-18(8-9-19)11-13-4-6-17-7-5-13;/h1-3,10,13,17,19H,4-9,11-12H2;1H. The zero-order valence-corrected chi connectivity index (χ0v) is 12.5. The number of nitrogens with one attached hydrogen (secondary N) is 1. The van der Waals surface area contributed by atoms with Crippen LogP contribution in [0.4, 0.5) is 4.39 Å². The Kier molecular flexibility index (Phi) is 8.07. The van der Waals surface area contributed by atoms with Crippen LogP contribution in [0.25, 0.3) is 0 Å². The predicted molar refractivity (Wildman–Crippen MR) is 81.6 cm³/mol. The molecular weight excluding hydrogens is 279 g/mol. The number of hydrogen-bond acceptors (Lipinski definition) is 3. The van der Waals surface area contributed by atoms with Crippen LogP contribution in [0, 0.1) is 11.7 Å². The Balaban J connectivity index is 0.00000200. The minimum Gasteiger partial charge on any atom is -0.395 e. The van der Waals surface area contributed by atoms with E-state index >= 15 is 0 Å². The molecule has 0 bridgehead atoms. The van der Waals surface area contributed by atoms with Crippen molar-refractivity contribution in [2.45, 2.75) is 19.4 Å². The van der Waals surface area contributed by atoms with Gasteiger partial charge in [-0.2, -0.15) is 0 Å². The summed E-state index contributed by atoms with van der Waals surface area (Å²) in [6.07, 6.45) is 2.37. The molecule has 3 nitrogen and oxygen atoms in total. The van der Waals surface area contributed by atoms with Crippen LogP contribution in [0.3, 0.4) is 0 Å². The Morgan fingerprint density at radius 2 is 2.05 bits per heavy atom. The average molecular weight is 303 g/mol. The summed E-state index contributed by atoms with van der Waals surface area (Å²) < 4.78 is 13.2. The molecule has 0 atom stereocenters. The van der Waals surface area contributed by atoms with Crippen molar-refractivity contribution in [1.82, 2.24) is 10.2 Å². The van der Waals surface area contributed by atoms with Crippen molar-refractivity contribution in [1.29, 1.82) is 0 Å². The lowest BCUT2D eigenvalue weighted by Crippen LogP contribution is -2.37. The normalized spacial score (nSPS) is 16.1. The van der Waals surface area contributed by atoms with E-state index in [0.29, 0.717) is 19.0 Å². The average Bonchev–Trinajstić information content (AvgIpc) is 2.40. The maximum Gasteiger partial charge on any atom is 0.123 e. The number of halogens is 2. The van der Waals surface area contributed by atoms with Gasteiger partial charge in [0.2, 0.25) is 0 Å². The van der Waals surface area contributed by atoms with Gasteiger partial charge in [-0.3, -0.25) is 4.90 Å². The quantitative estimate of drug-likeness (QED) is 0.844. The second-order valence-electron chi connectivity index (χ2n) is 5.28. The number of aliphatic hydroxyl groups excluding tert-OH is 1. The van der Waals surface area contributed by atoms with E-state index in [1.807, 2.05) is 6.07 Å². The summed E-state index contributed by atoms with van der Waals surface area (Å²) in [5.74, 6) is 0.490. The molecule has 5 heteroatoms. The largest absolute Gasteiger partial charge is 0.395 e. The molecule has 1 saturated heterocycles. The van der Waals surface area contributed by atoms with Gasteiger partial charge in [-0.1, -0.05) is 12.1 Å². The molecule has 0 saturated carbocycles. The maximum atomic E-state index is 13.2. The third-order valence-corrected chi connectivity index (χ3v) is 3.69. The van der Waals surface area contributed by atoms with Gasteiger partial charge in [-0.25, -0.2) is 4.39 Å². The zero-order chi connectivity index (χ0) is 13.5. The van der Waals surface area contributed by atoms with Crippen LogP contribution in [0.1, 0.15) is 18.4 Å². The number of benzene rings is 1. The number of rotatable bonds is 6. The van der Waals surface area contributed by atoms with Crippen molar-refractivity contribution in [3.8, 4) is 0 Å². The second kappa shape index (κ2) is 9.29. The maximum absolute atomic E-state index is 13.2. The van der Waals surface area contributed by atoms with Crippen molar-refractivity contribution in [2.24, 2.45) is 5.92 Å². The first kappa shape index (κ1) is 17.4. The molecule has 0 aliphatic carbocycles. The minimum atomic E-state index is -0.191. The fourth-order valence-electron chi connectivity index (χ4n) is 2.70. The lowest BCUT2D eigenvalue weighted by molar-refractivity contribution is 0.157. The molecule has 1 aliphatic heterocycles. The molecule has 0 amide bonds. The van der Waals surface area contributed by atoms with E-state index in [1.54, 1.807) is 12.1 Å². The third-order valence-electron chi connectivity index (χ3n) is 3.69. The topological polar surface area (TPSA) is 35.5 Å². The highest BCUT2D eigenvalue weighted by Gasteiger charge is 2.17. The summed E-state index contributed by atoms with van der Waals surface area (Å²) in [6, 6.07) is 6.72. The molecule has 1 aromatic rings. The minimum absolute atomic E-state index is 0. The lowest BCUT2D eigenvalue weighted by atomic mass is 9.97. The molecule has 0 aromatic heterocycles. The molecule has 1 aliphatic rings. The van der Waals surface area contributed by atoms with E-state index in [1.165, 1.54) is 18.9 Å². The molecule has 1 aromatic carbocycles. The summed E-state index contributed by atoms with van der Waals surface area (Å²) in [5.41, 5.74) is 0.974. The van der Waals surface area contributed by atoms with E-state index in [-0.39, 0.29) is 24.8 Å². The first-order valence-corrected chi connectivity index (χ1v) is 7.06. The predicted octanol–water partition coefficient (Wildman–Crippen LogP) is 2.04. The van der Waals surface area contributed by atoms with Gasteiger partial charge >= 0.3 is 0 Å².